The molecule has 0 bridgehead atoms. The molecule has 0 saturated heterocycles. The number of nitrogens with zero attached hydrogens (tertiary/aromatic N) is 1. The Morgan fingerprint density at radius 1 is 1.29 bits per heavy atom. The average molecular weight is 327 g/mol. The molecule has 112 valence electrons. The molecule has 0 radical (unpaired) electrons. The summed E-state index contributed by atoms with van der Waals surface area (Å²) in [7, 11) is -3.72. The maximum atomic E-state index is 12.1. The van der Waals surface area contributed by atoms with Gasteiger partial charge in [0.1, 0.15) is 10.0 Å². The lowest BCUT2D eigenvalue weighted by atomic mass is 10.0. The molecule has 7 heteroatoms. The number of aryl methyl sites for hydroxylation is 1. The Bertz CT molecular complexity index is 717. The van der Waals surface area contributed by atoms with Gasteiger partial charge in [-0.1, -0.05) is 35.9 Å². The van der Waals surface area contributed by atoms with Gasteiger partial charge in [0, 0.05) is 12.7 Å². The summed E-state index contributed by atoms with van der Waals surface area (Å²) in [5, 5.41) is 10.3. The third-order valence-electron chi connectivity index (χ3n) is 3.02. The summed E-state index contributed by atoms with van der Waals surface area (Å²) >= 11 is 5.62. The summed E-state index contributed by atoms with van der Waals surface area (Å²) < 4.78 is 26.5. The number of sulfonamides is 1. The summed E-state index contributed by atoms with van der Waals surface area (Å²) in [5.41, 5.74) is 1.59. The fourth-order valence-corrected chi connectivity index (χ4v) is 2.96. The van der Waals surface area contributed by atoms with E-state index in [2.05, 4.69) is 9.71 Å². The van der Waals surface area contributed by atoms with Gasteiger partial charge in [0.15, 0.2) is 0 Å². The molecule has 1 aromatic heterocycles. The molecule has 0 saturated carbocycles. The fraction of sp³-hybridized carbons (Fsp3) is 0.214. The molecule has 0 aliphatic rings. The monoisotopic (exact) mass is 326 g/mol. The minimum atomic E-state index is -3.72. The topological polar surface area (TPSA) is 79.3 Å². The van der Waals surface area contributed by atoms with Crippen molar-refractivity contribution in [2.45, 2.75) is 17.9 Å². The zero-order valence-corrected chi connectivity index (χ0v) is 12.9. The van der Waals surface area contributed by atoms with Crippen LogP contribution in [0.1, 0.15) is 17.2 Å². The van der Waals surface area contributed by atoms with Crippen LogP contribution in [-0.2, 0) is 10.0 Å². The van der Waals surface area contributed by atoms with Gasteiger partial charge in [0.05, 0.1) is 6.10 Å². The summed E-state index contributed by atoms with van der Waals surface area (Å²) in [6, 6.07) is 10.0. The number of hydrogen-bond acceptors (Lipinski definition) is 4. The Kier molecular flexibility index (Phi) is 4.95. The number of halogens is 1. The molecule has 2 rings (SSSR count). The van der Waals surface area contributed by atoms with Crippen LogP contribution < -0.4 is 4.72 Å². The fourth-order valence-electron chi connectivity index (χ4n) is 1.86. The number of rotatable bonds is 5. The van der Waals surface area contributed by atoms with Gasteiger partial charge in [0.25, 0.3) is 0 Å². The number of pyridine rings is 1. The highest BCUT2D eigenvalue weighted by Crippen LogP contribution is 2.17. The summed E-state index contributed by atoms with van der Waals surface area (Å²) in [5.74, 6) is 0. The third kappa shape index (κ3) is 4.01. The van der Waals surface area contributed by atoms with Crippen LogP contribution in [0.15, 0.2) is 47.5 Å². The predicted octanol–water partition coefficient (Wildman–Crippen LogP) is 2.06. The van der Waals surface area contributed by atoms with Gasteiger partial charge in [0.2, 0.25) is 10.0 Å². The Morgan fingerprint density at radius 2 is 2.00 bits per heavy atom. The number of aliphatic hydroxyl groups excluding tert-OH is 1. The summed E-state index contributed by atoms with van der Waals surface area (Å²) in [6.45, 7) is 1.74. The SMILES string of the molecule is Cc1ccccc1C(O)CNS(=O)(=O)c1ccc(Cl)nc1. The molecule has 2 aromatic rings. The standard InChI is InChI=1S/C14H15ClN2O3S/c1-10-4-2-3-5-12(10)13(18)9-17-21(19,20)11-6-7-14(15)16-8-11/h2-8,13,17-18H,9H2,1H3. The molecular weight excluding hydrogens is 312 g/mol. The number of nitrogens with one attached hydrogen (secondary N) is 1. The van der Waals surface area contributed by atoms with Crippen LogP contribution in [0.25, 0.3) is 0 Å². The van der Waals surface area contributed by atoms with Gasteiger partial charge >= 0.3 is 0 Å². The highest BCUT2D eigenvalue weighted by Gasteiger charge is 2.17. The first-order chi connectivity index (χ1) is 9.90. The van der Waals surface area contributed by atoms with Gasteiger partial charge in [-0.15, -0.1) is 0 Å². The maximum absolute atomic E-state index is 12.1. The van der Waals surface area contributed by atoms with Crippen molar-refractivity contribution in [2.24, 2.45) is 0 Å². The average Bonchev–Trinajstić information content (AvgIpc) is 2.46. The van der Waals surface area contributed by atoms with E-state index in [0.717, 1.165) is 5.56 Å². The lowest BCUT2D eigenvalue weighted by Gasteiger charge is -2.14. The second-order valence-corrected chi connectivity index (χ2v) is 6.70. The molecule has 1 atom stereocenters. The van der Waals surface area contributed by atoms with Gasteiger partial charge < -0.3 is 5.11 Å². The smallest absolute Gasteiger partial charge is 0.242 e. The molecule has 2 N–H and O–H groups in total. The summed E-state index contributed by atoms with van der Waals surface area (Å²) in [6.07, 6.45) is 0.256. The molecule has 0 spiro atoms. The first-order valence-corrected chi connectivity index (χ1v) is 8.11. The van der Waals surface area contributed by atoms with Crippen molar-refractivity contribution in [3.63, 3.8) is 0 Å². The Labute approximate surface area is 128 Å². The molecule has 0 amide bonds. The maximum Gasteiger partial charge on any atom is 0.242 e. The predicted molar refractivity (Wildman–Crippen MR) is 80.6 cm³/mol. The van der Waals surface area contributed by atoms with E-state index in [0.29, 0.717) is 5.56 Å². The first-order valence-electron chi connectivity index (χ1n) is 6.25. The van der Waals surface area contributed by atoms with Crippen LogP contribution >= 0.6 is 11.6 Å². The van der Waals surface area contributed by atoms with E-state index < -0.39 is 16.1 Å². The molecule has 5 nitrogen and oxygen atoms in total. The Balaban J connectivity index is 2.08. The van der Waals surface area contributed by atoms with E-state index in [9.17, 15) is 13.5 Å². The second kappa shape index (κ2) is 6.53. The largest absolute Gasteiger partial charge is 0.387 e. The molecule has 1 aromatic carbocycles. The lowest BCUT2D eigenvalue weighted by Crippen LogP contribution is -2.28. The molecule has 0 aliphatic carbocycles. The van der Waals surface area contributed by atoms with E-state index in [-0.39, 0.29) is 16.6 Å². The van der Waals surface area contributed by atoms with Crippen molar-refractivity contribution >= 4 is 21.6 Å². The molecule has 1 heterocycles. The molecule has 0 aliphatic heterocycles. The number of benzene rings is 1. The number of aromatic nitrogens is 1. The van der Waals surface area contributed by atoms with E-state index in [1.54, 1.807) is 12.1 Å². The quantitative estimate of drug-likeness (QED) is 0.824. The normalized spacial score (nSPS) is 13.1. The van der Waals surface area contributed by atoms with Crippen molar-refractivity contribution in [1.29, 1.82) is 0 Å². The van der Waals surface area contributed by atoms with Crippen molar-refractivity contribution < 1.29 is 13.5 Å². The van der Waals surface area contributed by atoms with Gasteiger partial charge in [-0.25, -0.2) is 18.1 Å². The zero-order valence-electron chi connectivity index (χ0n) is 11.3. The van der Waals surface area contributed by atoms with Crippen LogP contribution in [0.5, 0.6) is 0 Å². The Morgan fingerprint density at radius 3 is 2.62 bits per heavy atom. The van der Waals surface area contributed by atoms with Crippen LogP contribution in [0.3, 0.4) is 0 Å². The molecule has 21 heavy (non-hydrogen) atoms. The highest BCUT2D eigenvalue weighted by atomic mass is 35.5. The third-order valence-corrected chi connectivity index (χ3v) is 4.66. The minimum absolute atomic E-state index is 0.00360. The highest BCUT2D eigenvalue weighted by molar-refractivity contribution is 7.89. The van der Waals surface area contributed by atoms with E-state index in [1.807, 2.05) is 19.1 Å². The van der Waals surface area contributed by atoms with Crippen LogP contribution in [0, 0.1) is 6.92 Å². The van der Waals surface area contributed by atoms with Crippen molar-refractivity contribution in [1.82, 2.24) is 9.71 Å². The minimum Gasteiger partial charge on any atom is -0.387 e. The second-order valence-electron chi connectivity index (χ2n) is 4.54. The van der Waals surface area contributed by atoms with Crippen molar-refractivity contribution in [2.75, 3.05) is 6.54 Å². The van der Waals surface area contributed by atoms with E-state index in [1.165, 1.54) is 18.3 Å². The Hall–Kier alpha value is -1.47. The molecule has 1 unspecified atom stereocenters. The van der Waals surface area contributed by atoms with Gasteiger partial charge in [-0.2, -0.15) is 0 Å². The zero-order chi connectivity index (χ0) is 15.5. The summed E-state index contributed by atoms with van der Waals surface area (Å²) in [4.78, 5) is 3.73. The lowest BCUT2D eigenvalue weighted by molar-refractivity contribution is 0.181. The molecular formula is C14H15ClN2O3S. The van der Waals surface area contributed by atoms with Crippen LogP contribution in [-0.4, -0.2) is 25.1 Å². The van der Waals surface area contributed by atoms with E-state index in [4.69, 9.17) is 11.6 Å². The number of hydrogen-bond donors (Lipinski definition) is 2. The van der Waals surface area contributed by atoms with Crippen LogP contribution in [0.4, 0.5) is 0 Å². The van der Waals surface area contributed by atoms with Crippen LogP contribution in [0.2, 0.25) is 5.15 Å². The first kappa shape index (κ1) is 15.9. The number of aliphatic hydroxyl groups is 1. The van der Waals surface area contributed by atoms with Gasteiger partial charge in [-0.3, -0.25) is 0 Å². The van der Waals surface area contributed by atoms with Crippen molar-refractivity contribution in [3.05, 3.63) is 58.9 Å². The van der Waals surface area contributed by atoms with E-state index >= 15 is 0 Å². The van der Waals surface area contributed by atoms with Gasteiger partial charge in [-0.05, 0) is 30.2 Å². The molecule has 0 fully saturated rings. The van der Waals surface area contributed by atoms with Crippen molar-refractivity contribution in [3.8, 4) is 0 Å².